The van der Waals surface area contributed by atoms with Crippen LogP contribution in [0.4, 0.5) is 4.39 Å². The van der Waals surface area contributed by atoms with Crippen LogP contribution in [0.2, 0.25) is 0 Å². The summed E-state index contributed by atoms with van der Waals surface area (Å²) in [4.78, 5) is 0. The predicted molar refractivity (Wildman–Crippen MR) is 84.2 cm³/mol. The minimum atomic E-state index is -1.09. The first-order valence-electron chi connectivity index (χ1n) is 7.72. The van der Waals surface area contributed by atoms with E-state index in [-0.39, 0.29) is 18.8 Å². The topological polar surface area (TPSA) is 79.2 Å². The average Bonchev–Trinajstić information content (AvgIpc) is 2.59. The van der Waals surface area contributed by atoms with Crippen LogP contribution in [0.25, 0.3) is 0 Å². The van der Waals surface area contributed by atoms with Crippen LogP contribution in [0.15, 0.2) is 48.5 Å². The fourth-order valence-electron chi connectivity index (χ4n) is 2.74. The number of benzene rings is 2. The second kappa shape index (κ2) is 7.27. The zero-order valence-electron chi connectivity index (χ0n) is 12.9. The Labute approximate surface area is 138 Å². The summed E-state index contributed by atoms with van der Waals surface area (Å²) in [6.07, 6.45) is -3.17. The van der Waals surface area contributed by atoms with Crippen LogP contribution in [-0.4, -0.2) is 40.2 Å². The van der Waals surface area contributed by atoms with Crippen LogP contribution in [0.5, 0.6) is 11.5 Å². The minimum absolute atomic E-state index is 0.180. The van der Waals surface area contributed by atoms with Gasteiger partial charge in [-0.25, -0.2) is 4.39 Å². The Kier molecular flexibility index (Phi) is 5.11. The highest BCUT2D eigenvalue weighted by atomic mass is 19.1. The summed E-state index contributed by atoms with van der Waals surface area (Å²) in [6, 6.07) is 12.5. The molecule has 3 rings (SSSR count). The predicted octanol–water partition coefficient (Wildman–Crippen LogP) is 2.16. The van der Waals surface area contributed by atoms with Crippen LogP contribution in [0.1, 0.15) is 18.1 Å². The molecule has 0 spiro atoms. The van der Waals surface area contributed by atoms with E-state index < -0.39 is 24.4 Å². The van der Waals surface area contributed by atoms with Crippen molar-refractivity contribution >= 4 is 0 Å². The van der Waals surface area contributed by atoms with Gasteiger partial charge in [-0.05, 0) is 42.0 Å². The standard InChI is InChI=1S/C18H19FO5/c19-12-4-6-13(7-5-12)23-14-3-1-2-11(8-14)18-17(22)16(21)9-15(10-20)24-18/h1-8,15-18,20-22H,9-10H2/t15-,16-,17-,18+/m0/s1. The van der Waals surface area contributed by atoms with Gasteiger partial charge in [0.15, 0.2) is 0 Å². The molecule has 3 N–H and O–H groups in total. The number of aliphatic hydroxyl groups is 3. The van der Waals surface area contributed by atoms with Crippen LogP contribution >= 0.6 is 0 Å². The third-order valence-electron chi connectivity index (χ3n) is 3.99. The van der Waals surface area contributed by atoms with Crippen LogP contribution in [-0.2, 0) is 4.74 Å². The van der Waals surface area contributed by atoms with E-state index in [9.17, 15) is 19.7 Å². The Morgan fingerprint density at radius 3 is 2.54 bits per heavy atom. The van der Waals surface area contributed by atoms with Crippen molar-refractivity contribution in [2.75, 3.05) is 6.61 Å². The van der Waals surface area contributed by atoms with Crippen molar-refractivity contribution < 1.29 is 29.2 Å². The molecule has 6 heteroatoms. The average molecular weight is 334 g/mol. The van der Waals surface area contributed by atoms with Gasteiger partial charge in [-0.2, -0.15) is 0 Å². The van der Waals surface area contributed by atoms with Gasteiger partial charge in [0.25, 0.3) is 0 Å². The molecule has 1 fully saturated rings. The molecule has 1 saturated heterocycles. The number of aliphatic hydroxyl groups excluding tert-OH is 3. The quantitative estimate of drug-likeness (QED) is 0.798. The molecule has 0 bridgehead atoms. The van der Waals surface area contributed by atoms with Crippen LogP contribution < -0.4 is 4.74 Å². The van der Waals surface area contributed by atoms with E-state index >= 15 is 0 Å². The van der Waals surface area contributed by atoms with Crippen molar-refractivity contribution in [2.24, 2.45) is 0 Å². The first-order valence-corrected chi connectivity index (χ1v) is 7.72. The van der Waals surface area contributed by atoms with Gasteiger partial charge in [0.1, 0.15) is 29.5 Å². The first kappa shape index (κ1) is 16.9. The summed E-state index contributed by atoms with van der Waals surface area (Å²) in [7, 11) is 0. The molecule has 1 heterocycles. The summed E-state index contributed by atoms with van der Waals surface area (Å²) in [5, 5.41) is 29.4. The smallest absolute Gasteiger partial charge is 0.127 e. The lowest BCUT2D eigenvalue weighted by molar-refractivity contribution is -0.179. The molecule has 24 heavy (non-hydrogen) atoms. The molecule has 0 unspecified atom stereocenters. The van der Waals surface area contributed by atoms with Crippen molar-refractivity contribution in [3.8, 4) is 11.5 Å². The second-order valence-corrected chi connectivity index (χ2v) is 5.78. The summed E-state index contributed by atoms with van der Waals surface area (Å²) in [5.74, 6) is 0.626. The van der Waals surface area contributed by atoms with Gasteiger partial charge in [0.2, 0.25) is 0 Å². The van der Waals surface area contributed by atoms with Crippen molar-refractivity contribution in [1.29, 1.82) is 0 Å². The van der Waals surface area contributed by atoms with Gasteiger partial charge >= 0.3 is 0 Å². The Morgan fingerprint density at radius 2 is 1.83 bits per heavy atom. The molecule has 1 aliphatic rings. The van der Waals surface area contributed by atoms with E-state index in [0.29, 0.717) is 17.1 Å². The molecule has 0 amide bonds. The number of hydrogen-bond acceptors (Lipinski definition) is 5. The summed E-state index contributed by atoms with van der Waals surface area (Å²) in [5.41, 5.74) is 0.624. The van der Waals surface area contributed by atoms with Crippen molar-refractivity contribution in [3.63, 3.8) is 0 Å². The van der Waals surface area contributed by atoms with Gasteiger partial charge in [-0.15, -0.1) is 0 Å². The largest absolute Gasteiger partial charge is 0.457 e. The number of hydrogen-bond donors (Lipinski definition) is 3. The highest BCUT2D eigenvalue weighted by molar-refractivity contribution is 5.35. The van der Waals surface area contributed by atoms with E-state index in [2.05, 4.69) is 0 Å². The maximum Gasteiger partial charge on any atom is 0.127 e. The molecule has 0 aromatic heterocycles. The van der Waals surface area contributed by atoms with Gasteiger partial charge in [0, 0.05) is 6.42 Å². The number of ether oxygens (including phenoxy) is 2. The molecule has 1 aliphatic heterocycles. The number of rotatable bonds is 4. The number of halogens is 1. The maximum atomic E-state index is 12.9. The van der Waals surface area contributed by atoms with Crippen molar-refractivity contribution in [1.82, 2.24) is 0 Å². The molecule has 0 radical (unpaired) electrons. The monoisotopic (exact) mass is 334 g/mol. The highest BCUT2D eigenvalue weighted by Crippen LogP contribution is 2.34. The summed E-state index contributed by atoms with van der Waals surface area (Å²) >= 11 is 0. The van der Waals surface area contributed by atoms with Crippen LogP contribution in [0, 0.1) is 5.82 Å². The third kappa shape index (κ3) is 3.73. The van der Waals surface area contributed by atoms with E-state index in [1.165, 1.54) is 24.3 Å². The lowest BCUT2D eigenvalue weighted by atomic mass is 9.93. The van der Waals surface area contributed by atoms with Crippen LogP contribution in [0.3, 0.4) is 0 Å². The second-order valence-electron chi connectivity index (χ2n) is 5.78. The SMILES string of the molecule is OC[C@@H]1C[C@H](O)[C@H](O)[C@@H](c2cccc(Oc3ccc(F)cc3)c2)O1. The Balaban J connectivity index is 1.80. The van der Waals surface area contributed by atoms with Crippen molar-refractivity contribution in [3.05, 3.63) is 59.9 Å². The normalized spacial score (nSPS) is 27.0. The molecular weight excluding hydrogens is 315 g/mol. The van der Waals surface area contributed by atoms with Gasteiger partial charge in [0.05, 0.1) is 18.8 Å². The lowest BCUT2D eigenvalue weighted by Gasteiger charge is -2.36. The molecule has 2 aromatic carbocycles. The zero-order valence-corrected chi connectivity index (χ0v) is 12.9. The molecular formula is C18H19FO5. The zero-order chi connectivity index (χ0) is 17.1. The molecule has 5 nitrogen and oxygen atoms in total. The first-order chi connectivity index (χ1) is 11.6. The third-order valence-corrected chi connectivity index (χ3v) is 3.99. The lowest BCUT2D eigenvalue weighted by Crippen LogP contribution is -2.44. The molecule has 0 aliphatic carbocycles. The van der Waals surface area contributed by atoms with Gasteiger partial charge in [-0.3, -0.25) is 0 Å². The fraction of sp³-hybridized carbons (Fsp3) is 0.333. The highest BCUT2D eigenvalue weighted by Gasteiger charge is 2.37. The minimum Gasteiger partial charge on any atom is -0.457 e. The van der Waals surface area contributed by atoms with E-state index in [0.717, 1.165) is 0 Å². The van der Waals surface area contributed by atoms with Gasteiger partial charge in [-0.1, -0.05) is 12.1 Å². The van der Waals surface area contributed by atoms with Gasteiger partial charge < -0.3 is 24.8 Å². The van der Waals surface area contributed by atoms with E-state index in [1.807, 2.05) is 0 Å². The summed E-state index contributed by atoms with van der Waals surface area (Å²) < 4.78 is 24.3. The summed E-state index contributed by atoms with van der Waals surface area (Å²) in [6.45, 7) is -0.230. The van der Waals surface area contributed by atoms with E-state index in [1.54, 1.807) is 24.3 Å². The molecule has 4 atom stereocenters. The maximum absolute atomic E-state index is 12.9. The van der Waals surface area contributed by atoms with E-state index in [4.69, 9.17) is 9.47 Å². The molecule has 128 valence electrons. The molecule has 0 saturated carbocycles. The molecule has 2 aromatic rings. The fourth-order valence-corrected chi connectivity index (χ4v) is 2.74. The Hall–Kier alpha value is -1.99. The Morgan fingerprint density at radius 1 is 1.08 bits per heavy atom. The Bertz CT molecular complexity index is 675. The van der Waals surface area contributed by atoms with Crippen molar-refractivity contribution in [2.45, 2.75) is 30.8 Å².